The second kappa shape index (κ2) is 5.32. The second-order valence-electron chi connectivity index (χ2n) is 5.70. The van der Waals surface area contributed by atoms with Crippen LogP contribution in [0.25, 0.3) is 0 Å². The van der Waals surface area contributed by atoms with E-state index in [1.54, 1.807) is 20.8 Å². The van der Waals surface area contributed by atoms with Crippen LogP contribution in [0.2, 0.25) is 0 Å². The predicted octanol–water partition coefficient (Wildman–Crippen LogP) is 3.47. The van der Waals surface area contributed by atoms with Crippen LogP contribution in [0.1, 0.15) is 27.8 Å². The van der Waals surface area contributed by atoms with Gasteiger partial charge in [0.2, 0.25) is 9.84 Å². The summed E-state index contributed by atoms with van der Waals surface area (Å²) in [7, 11) is -3.85. The lowest BCUT2D eigenvalue weighted by Crippen LogP contribution is -2.06. The van der Waals surface area contributed by atoms with E-state index >= 15 is 0 Å². The Morgan fingerprint density at radius 1 is 0.727 bits per heavy atom. The Morgan fingerprint density at radius 3 is 1.73 bits per heavy atom. The van der Waals surface area contributed by atoms with Gasteiger partial charge >= 0.3 is 0 Å². The first-order valence-electron chi connectivity index (χ1n) is 6.92. The standard InChI is InChI=1S/C17H20O4S/c1-9-8-15(17(19)13(5)12(9)4)22(20,21)14-6-10(2)16(18)11(3)7-14/h6-8,18-19H,1-5H3. The third-order valence-electron chi connectivity index (χ3n) is 4.15. The number of hydrogen-bond donors (Lipinski definition) is 2. The summed E-state index contributed by atoms with van der Waals surface area (Å²) >= 11 is 0. The molecule has 0 amide bonds. The van der Waals surface area contributed by atoms with Gasteiger partial charge in [0.1, 0.15) is 16.4 Å². The summed E-state index contributed by atoms with van der Waals surface area (Å²) in [6.45, 7) is 8.65. The molecule has 0 radical (unpaired) electrons. The third kappa shape index (κ3) is 2.46. The molecule has 2 aromatic rings. The van der Waals surface area contributed by atoms with E-state index in [2.05, 4.69) is 0 Å². The lowest BCUT2D eigenvalue weighted by atomic mass is 10.0. The van der Waals surface area contributed by atoms with Gasteiger partial charge in [0.25, 0.3) is 0 Å². The van der Waals surface area contributed by atoms with Gasteiger partial charge in [-0.2, -0.15) is 0 Å². The minimum absolute atomic E-state index is 0.0678. The number of phenolic OH excluding ortho intramolecular Hbond substituents is 2. The summed E-state index contributed by atoms with van der Waals surface area (Å²) in [6.07, 6.45) is 0. The topological polar surface area (TPSA) is 74.6 Å². The molecule has 0 aliphatic rings. The predicted molar refractivity (Wildman–Crippen MR) is 85.4 cm³/mol. The normalized spacial score (nSPS) is 11.7. The van der Waals surface area contributed by atoms with Crippen LogP contribution in [-0.4, -0.2) is 18.6 Å². The van der Waals surface area contributed by atoms with Crippen molar-refractivity contribution in [1.29, 1.82) is 0 Å². The fourth-order valence-corrected chi connectivity index (χ4v) is 4.09. The van der Waals surface area contributed by atoms with Crippen LogP contribution in [0.4, 0.5) is 0 Å². The maximum Gasteiger partial charge on any atom is 0.210 e. The van der Waals surface area contributed by atoms with E-state index in [-0.39, 0.29) is 21.3 Å². The van der Waals surface area contributed by atoms with Crippen LogP contribution >= 0.6 is 0 Å². The molecule has 0 aromatic heterocycles. The third-order valence-corrected chi connectivity index (χ3v) is 5.90. The highest BCUT2D eigenvalue weighted by atomic mass is 32.2. The van der Waals surface area contributed by atoms with Gasteiger partial charge in [-0.3, -0.25) is 0 Å². The Hall–Kier alpha value is -2.01. The van der Waals surface area contributed by atoms with Gasteiger partial charge in [-0.15, -0.1) is 0 Å². The van der Waals surface area contributed by atoms with Crippen molar-refractivity contribution in [2.75, 3.05) is 0 Å². The number of phenols is 2. The van der Waals surface area contributed by atoms with E-state index in [0.717, 1.165) is 11.1 Å². The molecule has 0 atom stereocenters. The van der Waals surface area contributed by atoms with Crippen LogP contribution in [0.5, 0.6) is 11.5 Å². The molecular formula is C17H20O4S. The van der Waals surface area contributed by atoms with Crippen LogP contribution in [0, 0.1) is 34.6 Å². The highest BCUT2D eigenvalue weighted by Gasteiger charge is 2.25. The smallest absolute Gasteiger partial charge is 0.210 e. The number of sulfone groups is 1. The summed E-state index contributed by atoms with van der Waals surface area (Å²) in [6, 6.07) is 4.33. The van der Waals surface area contributed by atoms with Crippen LogP contribution in [0.15, 0.2) is 28.0 Å². The fraction of sp³-hybridized carbons (Fsp3) is 0.294. The van der Waals surface area contributed by atoms with Gasteiger partial charge in [0.15, 0.2) is 0 Å². The molecule has 0 heterocycles. The Bertz CT molecular complexity index is 842. The van der Waals surface area contributed by atoms with Crippen molar-refractivity contribution in [3.8, 4) is 11.5 Å². The first kappa shape index (κ1) is 16.4. The van der Waals surface area contributed by atoms with E-state index < -0.39 is 9.84 Å². The highest BCUT2D eigenvalue weighted by molar-refractivity contribution is 7.91. The number of benzene rings is 2. The molecule has 22 heavy (non-hydrogen) atoms. The summed E-state index contributed by atoms with van der Waals surface area (Å²) in [5.41, 5.74) is 3.21. The Balaban J connectivity index is 2.77. The van der Waals surface area contributed by atoms with E-state index in [9.17, 15) is 18.6 Å². The molecule has 0 aliphatic carbocycles. The zero-order valence-electron chi connectivity index (χ0n) is 13.4. The van der Waals surface area contributed by atoms with Crippen molar-refractivity contribution in [2.24, 2.45) is 0 Å². The van der Waals surface area contributed by atoms with E-state index in [0.29, 0.717) is 16.7 Å². The fourth-order valence-electron chi connectivity index (χ4n) is 2.43. The van der Waals surface area contributed by atoms with E-state index in [1.165, 1.54) is 18.2 Å². The molecular weight excluding hydrogens is 300 g/mol. The van der Waals surface area contributed by atoms with Gasteiger partial charge < -0.3 is 10.2 Å². The zero-order chi connectivity index (χ0) is 16.8. The van der Waals surface area contributed by atoms with Gasteiger partial charge in [0, 0.05) is 0 Å². The van der Waals surface area contributed by atoms with Crippen LogP contribution in [0.3, 0.4) is 0 Å². The van der Waals surface area contributed by atoms with Crippen LogP contribution < -0.4 is 0 Å². The Kier molecular flexibility index (Phi) is 3.96. The molecule has 0 unspecified atom stereocenters. The lowest BCUT2D eigenvalue weighted by Gasteiger charge is -2.14. The van der Waals surface area contributed by atoms with Crippen LogP contribution in [-0.2, 0) is 9.84 Å². The number of aryl methyl sites for hydroxylation is 3. The first-order valence-corrected chi connectivity index (χ1v) is 8.40. The summed E-state index contributed by atoms with van der Waals surface area (Å²) < 4.78 is 25.7. The van der Waals surface area contributed by atoms with E-state index in [1.807, 2.05) is 13.8 Å². The summed E-state index contributed by atoms with van der Waals surface area (Å²) in [5, 5.41) is 20.1. The lowest BCUT2D eigenvalue weighted by molar-refractivity contribution is 0.453. The first-order chi connectivity index (χ1) is 10.1. The molecule has 0 spiro atoms. The molecule has 0 fully saturated rings. The SMILES string of the molecule is Cc1cc(S(=O)(=O)c2cc(C)c(O)c(C)c2)c(O)c(C)c1C. The monoisotopic (exact) mass is 320 g/mol. The number of aromatic hydroxyl groups is 2. The van der Waals surface area contributed by atoms with Crippen molar-refractivity contribution in [2.45, 2.75) is 44.4 Å². The maximum atomic E-state index is 12.8. The van der Waals surface area contributed by atoms with Crippen molar-refractivity contribution >= 4 is 9.84 Å². The molecule has 2 rings (SSSR count). The molecule has 2 N–H and O–H groups in total. The van der Waals surface area contributed by atoms with Gasteiger partial charge in [-0.25, -0.2) is 8.42 Å². The zero-order valence-corrected chi connectivity index (χ0v) is 14.2. The Morgan fingerprint density at radius 2 is 1.23 bits per heavy atom. The highest BCUT2D eigenvalue weighted by Crippen LogP contribution is 2.36. The average molecular weight is 320 g/mol. The molecule has 0 saturated carbocycles. The molecule has 0 saturated heterocycles. The van der Waals surface area contributed by atoms with Gasteiger partial charge in [-0.05, 0) is 80.6 Å². The molecule has 4 nitrogen and oxygen atoms in total. The summed E-state index contributed by atoms with van der Waals surface area (Å²) in [5.74, 6) is -0.133. The summed E-state index contributed by atoms with van der Waals surface area (Å²) in [4.78, 5) is -0.0316. The minimum Gasteiger partial charge on any atom is -0.507 e. The molecule has 0 bridgehead atoms. The molecule has 0 aliphatic heterocycles. The average Bonchev–Trinajstić information content (AvgIpc) is 2.45. The number of hydrogen-bond acceptors (Lipinski definition) is 4. The van der Waals surface area contributed by atoms with Crippen molar-refractivity contribution in [3.63, 3.8) is 0 Å². The largest absolute Gasteiger partial charge is 0.507 e. The molecule has 118 valence electrons. The van der Waals surface area contributed by atoms with Crippen molar-refractivity contribution < 1.29 is 18.6 Å². The molecule has 5 heteroatoms. The second-order valence-corrected chi connectivity index (χ2v) is 7.62. The van der Waals surface area contributed by atoms with E-state index in [4.69, 9.17) is 0 Å². The maximum absolute atomic E-state index is 12.8. The van der Waals surface area contributed by atoms with Crippen molar-refractivity contribution in [1.82, 2.24) is 0 Å². The van der Waals surface area contributed by atoms with Crippen molar-refractivity contribution in [3.05, 3.63) is 46.0 Å². The Labute approximate surface area is 131 Å². The molecule has 2 aromatic carbocycles. The quantitative estimate of drug-likeness (QED) is 0.888. The number of rotatable bonds is 2. The minimum atomic E-state index is -3.85. The van der Waals surface area contributed by atoms with Gasteiger partial charge in [0.05, 0.1) is 4.90 Å². The van der Waals surface area contributed by atoms with Gasteiger partial charge in [-0.1, -0.05) is 0 Å².